The molecule has 0 saturated carbocycles. The Labute approximate surface area is 83.4 Å². The molecule has 1 amide bonds. The third-order valence-electron chi connectivity index (χ3n) is 1.83. The minimum absolute atomic E-state index is 0.0885. The molecule has 3 heteroatoms. The third kappa shape index (κ3) is 2.91. The van der Waals surface area contributed by atoms with Crippen LogP contribution in [-0.2, 0) is 11.2 Å². The molecule has 1 aromatic rings. The SMILES string of the molecule is CC(=O)Nc1ccccc1CCC#N. The number of anilines is 1. The predicted octanol–water partition coefficient (Wildman–Crippen LogP) is 2.10. The summed E-state index contributed by atoms with van der Waals surface area (Å²) in [6.07, 6.45) is 1.14. The Bertz CT molecular complexity index is 366. The smallest absolute Gasteiger partial charge is 0.221 e. The van der Waals surface area contributed by atoms with Crippen molar-refractivity contribution < 1.29 is 4.79 Å². The fraction of sp³-hybridized carbons (Fsp3) is 0.273. The number of nitrogens with one attached hydrogen (secondary N) is 1. The number of aryl methyl sites for hydroxylation is 1. The van der Waals surface area contributed by atoms with Crippen LogP contribution in [0.5, 0.6) is 0 Å². The zero-order chi connectivity index (χ0) is 10.4. The van der Waals surface area contributed by atoms with Gasteiger partial charge in [-0.15, -0.1) is 0 Å². The maximum Gasteiger partial charge on any atom is 0.221 e. The summed E-state index contributed by atoms with van der Waals surface area (Å²) in [5.41, 5.74) is 1.81. The van der Waals surface area contributed by atoms with Gasteiger partial charge in [-0.2, -0.15) is 5.26 Å². The minimum Gasteiger partial charge on any atom is -0.326 e. The second-order valence-corrected chi connectivity index (χ2v) is 3.00. The number of hydrogen-bond donors (Lipinski definition) is 1. The van der Waals surface area contributed by atoms with E-state index >= 15 is 0 Å². The summed E-state index contributed by atoms with van der Waals surface area (Å²) in [6, 6.07) is 9.61. The fourth-order valence-corrected chi connectivity index (χ4v) is 1.24. The molecule has 1 aromatic carbocycles. The van der Waals surface area contributed by atoms with Gasteiger partial charge in [0.15, 0.2) is 0 Å². The lowest BCUT2D eigenvalue weighted by molar-refractivity contribution is -0.114. The van der Waals surface area contributed by atoms with Gasteiger partial charge in [-0.3, -0.25) is 4.79 Å². The van der Waals surface area contributed by atoms with Crippen molar-refractivity contribution in [3.05, 3.63) is 29.8 Å². The molecule has 0 saturated heterocycles. The van der Waals surface area contributed by atoms with E-state index in [9.17, 15) is 4.79 Å². The Morgan fingerprint density at radius 3 is 2.86 bits per heavy atom. The van der Waals surface area contributed by atoms with E-state index in [1.807, 2.05) is 24.3 Å². The summed E-state index contributed by atoms with van der Waals surface area (Å²) in [5, 5.41) is 11.2. The van der Waals surface area contributed by atoms with E-state index in [2.05, 4.69) is 11.4 Å². The number of nitrogens with zero attached hydrogens (tertiary/aromatic N) is 1. The number of carbonyl (C=O) groups is 1. The number of amides is 1. The summed E-state index contributed by atoms with van der Waals surface area (Å²) in [5.74, 6) is -0.0885. The average Bonchev–Trinajstić information content (AvgIpc) is 2.16. The van der Waals surface area contributed by atoms with Crippen LogP contribution in [0.4, 0.5) is 5.69 Å². The van der Waals surface area contributed by atoms with Crippen molar-refractivity contribution in [2.75, 3.05) is 5.32 Å². The average molecular weight is 188 g/mol. The zero-order valence-corrected chi connectivity index (χ0v) is 8.08. The molecule has 0 aromatic heterocycles. The van der Waals surface area contributed by atoms with Crippen LogP contribution in [0.3, 0.4) is 0 Å². The largest absolute Gasteiger partial charge is 0.326 e. The molecule has 14 heavy (non-hydrogen) atoms. The minimum atomic E-state index is -0.0885. The van der Waals surface area contributed by atoms with Crippen molar-refractivity contribution in [2.24, 2.45) is 0 Å². The van der Waals surface area contributed by atoms with Crippen molar-refractivity contribution in [3.63, 3.8) is 0 Å². The van der Waals surface area contributed by atoms with Gasteiger partial charge in [-0.05, 0) is 18.1 Å². The standard InChI is InChI=1S/C11H12N2O/c1-9(14)13-11-7-3-2-5-10(11)6-4-8-12/h2-3,5,7H,4,6H2,1H3,(H,13,14). The molecule has 1 rings (SSSR count). The molecule has 0 atom stereocenters. The van der Waals surface area contributed by atoms with E-state index in [0.29, 0.717) is 12.8 Å². The molecule has 0 bridgehead atoms. The molecule has 0 spiro atoms. The van der Waals surface area contributed by atoms with Gasteiger partial charge >= 0.3 is 0 Å². The van der Waals surface area contributed by atoms with Crippen LogP contribution < -0.4 is 5.32 Å². The van der Waals surface area contributed by atoms with E-state index in [-0.39, 0.29) is 5.91 Å². The normalized spacial score (nSPS) is 9.14. The van der Waals surface area contributed by atoms with Gasteiger partial charge in [-0.1, -0.05) is 18.2 Å². The Morgan fingerprint density at radius 2 is 2.21 bits per heavy atom. The molecule has 72 valence electrons. The van der Waals surface area contributed by atoms with Crippen LogP contribution in [-0.4, -0.2) is 5.91 Å². The molecular formula is C11H12N2O. The van der Waals surface area contributed by atoms with Crippen molar-refractivity contribution in [3.8, 4) is 6.07 Å². The monoisotopic (exact) mass is 188 g/mol. The highest BCUT2D eigenvalue weighted by Crippen LogP contribution is 2.16. The zero-order valence-electron chi connectivity index (χ0n) is 8.08. The summed E-state index contributed by atoms with van der Waals surface area (Å²) in [6.45, 7) is 1.47. The highest BCUT2D eigenvalue weighted by atomic mass is 16.1. The van der Waals surface area contributed by atoms with Crippen LogP contribution in [0.1, 0.15) is 18.9 Å². The highest BCUT2D eigenvalue weighted by Gasteiger charge is 2.01. The molecule has 0 fully saturated rings. The van der Waals surface area contributed by atoms with Gasteiger partial charge < -0.3 is 5.32 Å². The molecule has 0 radical (unpaired) electrons. The molecule has 3 nitrogen and oxygen atoms in total. The predicted molar refractivity (Wildman–Crippen MR) is 54.7 cm³/mol. The molecule has 0 aliphatic carbocycles. The van der Waals surface area contributed by atoms with Crippen molar-refractivity contribution >= 4 is 11.6 Å². The van der Waals surface area contributed by atoms with Gasteiger partial charge in [0, 0.05) is 19.0 Å². The topological polar surface area (TPSA) is 52.9 Å². The molecule has 0 aliphatic heterocycles. The van der Waals surface area contributed by atoms with Crippen LogP contribution in [0.25, 0.3) is 0 Å². The molecular weight excluding hydrogens is 176 g/mol. The number of para-hydroxylation sites is 1. The Morgan fingerprint density at radius 1 is 1.50 bits per heavy atom. The van der Waals surface area contributed by atoms with Crippen LogP contribution >= 0.6 is 0 Å². The fourth-order valence-electron chi connectivity index (χ4n) is 1.24. The summed E-state index contributed by atoms with van der Waals surface area (Å²) >= 11 is 0. The van der Waals surface area contributed by atoms with Gasteiger partial charge in [0.05, 0.1) is 6.07 Å². The van der Waals surface area contributed by atoms with E-state index in [4.69, 9.17) is 5.26 Å². The number of nitriles is 1. The van der Waals surface area contributed by atoms with Crippen LogP contribution in [0, 0.1) is 11.3 Å². The first-order valence-corrected chi connectivity index (χ1v) is 4.46. The van der Waals surface area contributed by atoms with E-state index in [1.54, 1.807) is 0 Å². The highest BCUT2D eigenvalue weighted by molar-refractivity contribution is 5.89. The van der Waals surface area contributed by atoms with Gasteiger partial charge in [0.25, 0.3) is 0 Å². The van der Waals surface area contributed by atoms with E-state index in [0.717, 1.165) is 11.3 Å². The van der Waals surface area contributed by atoms with Gasteiger partial charge in [0.2, 0.25) is 5.91 Å². The number of rotatable bonds is 3. The maximum absolute atomic E-state index is 10.9. The first kappa shape index (κ1) is 10.3. The molecule has 1 N–H and O–H groups in total. The van der Waals surface area contributed by atoms with Gasteiger partial charge in [-0.25, -0.2) is 0 Å². The second-order valence-electron chi connectivity index (χ2n) is 3.00. The van der Waals surface area contributed by atoms with Crippen molar-refractivity contribution in [2.45, 2.75) is 19.8 Å². The Kier molecular flexibility index (Phi) is 3.69. The Balaban J connectivity index is 2.81. The first-order valence-electron chi connectivity index (χ1n) is 4.46. The van der Waals surface area contributed by atoms with Crippen molar-refractivity contribution in [1.29, 1.82) is 5.26 Å². The van der Waals surface area contributed by atoms with Crippen molar-refractivity contribution in [1.82, 2.24) is 0 Å². The quantitative estimate of drug-likeness (QED) is 0.789. The number of benzene rings is 1. The lowest BCUT2D eigenvalue weighted by atomic mass is 10.1. The first-order chi connectivity index (χ1) is 6.74. The lowest BCUT2D eigenvalue weighted by Gasteiger charge is -2.07. The Hall–Kier alpha value is -1.82. The lowest BCUT2D eigenvalue weighted by Crippen LogP contribution is -2.07. The molecule has 0 unspecified atom stereocenters. The van der Waals surface area contributed by atoms with Crippen LogP contribution in [0.2, 0.25) is 0 Å². The summed E-state index contributed by atoms with van der Waals surface area (Å²) in [4.78, 5) is 10.9. The number of carbonyl (C=O) groups excluding carboxylic acids is 1. The summed E-state index contributed by atoms with van der Waals surface area (Å²) in [7, 11) is 0. The summed E-state index contributed by atoms with van der Waals surface area (Å²) < 4.78 is 0. The molecule has 0 aliphatic rings. The maximum atomic E-state index is 10.9. The molecule has 0 heterocycles. The van der Waals surface area contributed by atoms with Gasteiger partial charge in [0.1, 0.15) is 0 Å². The third-order valence-corrected chi connectivity index (χ3v) is 1.83. The second kappa shape index (κ2) is 5.03. The van der Waals surface area contributed by atoms with Crippen LogP contribution in [0.15, 0.2) is 24.3 Å². The number of hydrogen-bond acceptors (Lipinski definition) is 2. The van der Waals surface area contributed by atoms with E-state index < -0.39 is 0 Å². The van der Waals surface area contributed by atoms with E-state index in [1.165, 1.54) is 6.92 Å².